The molecule has 0 aliphatic carbocycles. The Labute approximate surface area is 214 Å². The Hall–Kier alpha value is -2.43. The molecule has 0 aliphatic heterocycles. The lowest BCUT2D eigenvalue weighted by atomic mass is 10.1. The minimum absolute atomic E-state index is 0.185. The number of amides is 2. The molecule has 1 atom stereocenters. The van der Waals surface area contributed by atoms with E-state index < -0.39 is 46.1 Å². The lowest BCUT2D eigenvalue weighted by Gasteiger charge is -2.32. The second-order valence-electron chi connectivity index (χ2n) is 7.91. The monoisotopic (exact) mass is 549 g/mol. The molecule has 0 aliphatic rings. The zero-order valence-electron chi connectivity index (χ0n) is 19.5. The number of nitrogens with one attached hydrogen (secondary N) is 1. The average Bonchev–Trinajstić information content (AvgIpc) is 2.78. The molecule has 35 heavy (non-hydrogen) atoms. The Bertz CT molecular complexity index is 1160. The predicted octanol–water partition coefficient (Wildman–Crippen LogP) is 4.37. The van der Waals surface area contributed by atoms with Crippen LogP contribution in [0.5, 0.6) is 0 Å². The van der Waals surface area contributed by atoms with E-state index in [0.29, 0.717) is 22.5 Å². The molecule has 2 rings (SSSR count). The van der Waals surface area contributed by atoms with Crippen molar-refractivity contribution in [1.82, 2.24) is 10.2 Å². The third-order valence-corrected chi connectivity index (χ3v) is 7.11. The Morgan fingerprint density at radius 1 is 1.09 bits per heavy atom. The van der Waals surface area contributed by atoms with Gasteiger partial charge in [0.1, 0.15) is 12.6 Å². The van der Waals surface area contributed by atoms with Crippen LogP contribution in [0, 0.1) is 11.6 Å². The highest BCUT2D eigenvalue weighted by atomic mass is 35.5. The van der Waals surface area contributed by atoms with E-state index in [1.165, 1.54) is 6.92 Å². The number of halogens is 4. The first-order valence-electron chi connectivity index (χ1n) is 10.8. The summed E-state index contributed by atoms with van der Waals surface area (Å²) < 4.78 is 52.7. The van der Waals surface area contributed by atoms with Gasteiger partial charge < -0.3 is 10.2 Å². The average molecular weight is 550 g/mol. The fourth-order valence-corrected chi connectivity index (χ4v) is 4.58. The fraction of sp³-hybridized carbons (Fsp3) is 0.391. The summed E-state index contributed by atoms with van der Waals surface area (Å²) in [5.74, 6) is -3.66. The van der Waals surface area contributed by atoms with Crippen molar-refractivity contribution in [1.29, 1.82) is 0 Å². The molecule has 0 saturated carbocycles. The Balaban J connectivity index is 2.43. The molecule has 0 unspecified atom stereocenters. The van der Waals surface area contributed by atoms with Gasteiger partial charge in [0.15, 0.2) is 11.6 Å². The van der Waals surface area contributed by atoms with Crippen molar-refractivity contribution in [3.8, 4) is 0 Å². The minimum atomic E-state index is -4.08. The number of hydrogen-bond acceptors (Lipinski definition) is 4. The standard InChI is InChI=1S/C23H27Cl2F2N3O4S/c1-4-5-11-28-23(32)15(2)29(13-17-18(24)7-6-8-19(17)25)22(31)14-30(35(3,33)34)16-9-10-20(26)21(27)12-16/h6-10,12,15H,4-5,11,13-14H2,1-3H3,(H,28,32)/t15-/m1/s1. The summed E-state index contributed by atoms with van der Waals surface area (Å²) in [6.07, 6.45) is 2.42. The molecule has 2 amide bonds. The van der Waals surface area contributed by atoms with Crippen molar-refractivity contribution >= 4 is 50.7 Å². The van der Waals surface area contributed by atoms with E-state index in [4.69, 9.17) is 23.2 Å². The number of carbonyl (C=O) groups is 2. The Morgan fingerprint density at radius 3 is 2.26 bits per heavy atom. The number of rotatable bonds is 11. The van der Waals surface area contributed by atoms with Gasteiger partial charge in [-0.2, -0.15) is 0 Å². The number of sulfonamides is 1. The number of nitrogens with zero attached hydrogens (tertiary/aromatic N) is 2. The molecular weight excluding hydrogens is 523 g/mol. The summed E-state index contributed by atoms with van der Waals surface area (Å²) in [7, 11) is -4.08. The van der Waals surface area contributed by atoms with Gasteiger partial charge in [0, 0.05) is 34.8 Å². The summed E-state index contributed by atoms with van der Waals surface area (Å²) in [6.45, 7) is 2.90. The molecule has 7 nitrogen and oxygen atoms in total. The summed E-state index contributed by atoms with van der Waals surface area (Å²) >= 11 is 12.5. The van der Waals surface area contributed by atoms with Crippen LogP contribution in [-0.2, 0) is 26.2 Å². The quantitative estimate of drug-likeness (QED) is 0.421. The molecule has 1 N–H and O–H groups in total. The van der Waals surface area contributed by atoms with Gasteiger partial charge in [-0.1, -0.05) is 42.6 Å². The summed E-state index contributed by atoms with van der Waals surface area (Å²) in [4.78, 5) is 27.3. The molecule has 0 fully saturated rings. The summed E-state index contributed by atoms with van der Waals surface area (Å²) in [6, 6.07) is 6.23. The van der Waals surface area contributed by atoms with Gasteiger partial charge in [0.25, 0.3) is 0 Å². The second kappa shape index (κ2) is 12.5. The molecule has 0 heterocycles. The predicted molar refractivity (Wildman–Crippen MR) is 133 cm³/mol. The molecule has 0 radical (unpaired) electrons. The van der Waals surface area contributed by atoms with Crippen LogP contribution in [0.25, 0.3) is 0 Å². The molecule has 12 heteroatoms. The number of unbranched alkanes of at least 4 members (excludes halogenated alkanes) is 1. The molecule has 2 aromatic carbocycles. The minimum Gasteiger partial charge on any atom is -0.354 e. The Kier molecular flexibility index (Phi) is 10.3. The van der Waals surface area contributed by atoms with E-state index in [1.54, 1.807) is 18.2 Å². The topological polar surface area (TPSA) is 86.8 Å². The van der Waals surface area contributed by atoms with Gasteiger partial charge >= 0.3 is 0 Å². The number of carbonyl (C=O) groups excluding carboxylic acids is 2. The lowest BCUT2D eigenvalue weighted by Crippen LogP contribution is -2.51. The number of anilines is 1. The van der Waals surface area contributed by atoms with Gasteiger partial charge in [0.2, 0.25) is 21.8 Å². The number of benzene rings is 2. The van der Waals surface area contributed by atoms with Crippen LogP contribution in [0.3, 0.4) is 0 Å². The van der Waals surface area contributed by atoms with E-state index in [2.05, 4.69) is 5.32 Å². The van der Waals surface area contributed by atoms with Crippen LogP contribution in [0.15, 0.2) is 36.4 Å². The molecular formula is C23H27Cl2F2N3O4S. The van der Waals surface area contributed by atoms with E-state index in [9.17, 15) is 26.8 Å². The van der Waals surface area contributed by atoms with Crippen molar-refractivity contribution in [3.05, 3.63) is 63.6 Å². The molecule has 0 saturated heterocycles. The first-order valence-corrected chi connectivity index (χ1v) is 13.4. The van der Waals surface area contributed by atoms with Gasteiger partial charge in [-0.25, -0.2) is 17.2 Å². The first-order chi connectivity index (χ1) is 16.4. The van der Waals surface area contributed by atoms with Crippen LogP contribution in [-0.4, -0.2) is 50.5 Å². The number of hydrogen-bond donors (Lipinski definition) is 1. The summed E-state index contributed by atoms with van der Waals surface area (Å²) in [5, 5.41) is 3.26. The van der Waals surface area contributed by atoms with Crippen molar-refractivity contribution in [2.24, 2.45) is 0 Å². The zero-order chi connectivity index (χ0) is 26.3. The van der Waals surface area contributed by atoms with Gasteiger partial charge in [-0.15, -0.1) is 0 Å². The van der Waals surface area contributed by atoms with E-state index in [-0.39, 0.29) is 22.3 Å². The summed E-state index contributed by atoms with van der Waals surface area (Å²) in [5.41, 5.74) is 0.131. The highest BCUT2D eigenvalue weighted by Crippen LogP contribution is 2.27. The SMILES string of the molecule is CCCCNC(=O)[C@@H](C)N(Cc1c(Cl)cccc1Cl)C(=O)CN(c1ccc(F)c(F)c1)S(C)(=O)=O. The van der Waals surface area contributed by atoms with Crippen LogP contribution >= 0.6 is 23.2 Å². The zero-order valence-corrected chi connectivity index (χ0v) is 21.9. The maximum absolute atomic E-state index is 13.8. The fourth-order valence-electron chi connectivity index (χ4n) is 3.23. The van der Waals surface area contributed by atoms with Crippen molar-refractivity contribution in [2.75, 3.05) is 23.7 Å². The van der Waals surface area contributed by atoms with E-state index in [0.717, 1.165) is 36.1 Å². The van der Waals surface area contributed by atoms with Crippen molar-refractivity contribution in [3.63, 3.8) is 0 Å². The normalized spacial score (nSPS) is 12.2. The molecule has 0 spiro atoms. The smallest absolute Gasteiger partial charge is 0.244 e. The molecule has 192 valence electrons. The van der Waals surface area contributed by atoms with E-state index >= 15 is 0 Å². The van der Waals surface area contributed by atoms with Gasteiger partial charge in [0.05, 0.1) is 11.9 Å². The molecule has 0 bridgehead atoms. The maximum Gasteiger partial charge on any atom is 0.244 e. The Morgan fingerprint density at radius 2 is 1.71 bits per heavy atom. The first kappa shape index (κ1) is 28.8. The third kappa shape index (κ3) is 7.78. The van der Waals surface area contributed by atoms with Gasteiger partial charge in [-0.05, 0) is 37.6 Å². The van der Waals surface area contributed by atoms with Crippen LogP contribution in [0.2, 0.25) is 10.0 Å². The van der Waals surface area contributed by atoms with Gasteiger partial charge in [-0.3, -0.25) is 13.9 Å². The largest absolute Gasteiger partial charge is 0.354 e. The third-order valence-electron chi connectivity index (χ3n) is 5.26. The van der Waals surface area contributed by atoms with Crippen LogP contribution < -0.4 is 9.62 Å². The van der Waals surface area contributed by atoms with E-state index in [1.807, 2.05) is 6.92 Å². The van der Waals surface area contributed by atoms with Crippen LogP contribution in [0.1, 0.15) is 32.3 Å². The highest BCUT2D eigenvalue weighted by Gasteiger charge is 2.31. The molecule has 2 aromatic rings. The lowest BCUT2D eigenvalue weighted by molar-refractivity contribution is -0.139. The van der Waals surface area contributed by atoms with Crippen molar-refractivity contribution < 1.29 is 26.8 Å². The highest BCUT2D eigenvalue weighted by molar-refractivity contribution is 7.92. The molecule has 0 aromatic heterocycles. The second-order valence-corrected chi connectivity index (χ2v) is 10.6. The maximum atomic E-state index is 13.8. The van der Waals surface area contributed by atoms with Crippen LogP contribution in [0.4, 0.5) is 14.5 Å². The van der Waals surface area contributed by atoms with Crippen molar-refractivity contribution in [2.45, 2.75) is 39.3 Å².